The van der Waals surface area contributed by atoms with Gasteiger partial charge in [0.25, 0.3) is 5.56 Å². The summed E-state index contributed by atoms with van der Waals surface area (Å²) >= 11 is 0. The predicted octanol–water partition coefficient (Wildman–Crippen LogP) is 6.65. The quantitative estimate of drug-likeness (QED) is 0.0299. The van der Waals surface area contributed by atoms with Gasteiger partial charge in [0.05, 0.1) is 43.1 Å². The Morgan fingerprint density at radius 2 is 1.52 bits per heavy atom. The summed E-state index contributed by atoms with van der Waals surface area (Å²) in [7, 11) is -10.4. The van der Waals surface area contributed by atoms with E-state index in [-0.39, 0.29) is 34.6 Å². The first-order chi connectivity index (χ1) is 27.3. The van der Waals surface area contributed by atoms with Gasteiger partial charge in [-0.1, -0.05) is 29.4 Å². The fraction of sp³-hybridized carbons (Fsp3) is 0.294. The number of ether oxygens (including phenoxy) is 3. The number of nitrogens with zero attached hydrogens (tertiary/aromatic N) is 4. The minimum atomic E-state index is -5.38. The van der Waals surface area contributed by atoms with E-state index in [0.29, 0.717) is 5.56 Å². The third-order valence-electron chi connectivity index (χ3n) is 8.01. The molecule has 2 heterocycles. The van der Waals surface area contributed by atoms with E-state index in [1.807, 2.05) is 0 Å². The van der Waals surface area contributed by atoms with Crippen LogP contribution >= 0.6 is 15.6 Å². The summed E-state index contributed by atoms with van der Waals surface area (Å²) in [6.07, 6.45) is -5.80. The molecule has 1 aromatic heterocycles. The van der Waals surface area contributed by atoms with Gasteiger partial charge in [-0.25, -0.2) is 18.7 Å². The molecule has 2 unspecified atom stereocenters. The number of benzene rings is 3. The largest absolute Gasteiger partial charge is 0.484 e. The number of aromatic nitrogens is 2. The van der Waals surface area contributed by atoms with Crippen LogP contribution in [0, 0.1) is 6.92 Å². The fourth-order valence-corrected chi connectivity index (χ4v) is 7.77. The first kappa shape index (κ1) is 43.7. The van der Waals surface area contributed by atoms with Crippen molar-refractivity contribution < 1.29 is 68.9 Å². The smallest absolute Gasteiger partial charge is 0.427 e. The summed E-state index contributed by atoms with van der Waals surface area (Å²) in [5.41, 5.74) is 7.26. The molecule has 0 radical (unpaired) electrons. The van der Waals surface area contributed by atoms with Gasteiger partial charge in [0.15, 0.2) is 0 Å². The monoisotopic (exact) mass is 853 g/mol. The van der Waals surface area contributed by atoms with Crippen molar-refractivity contribution in [1.82, 2.24) is 9.55 Å². The molecule has 0 saturated carbocycles. The van der Waals surface area contributed by atoms with Gasteiger partial charge in [0, 0.05) is 30.0 Å². The van der Waals surface area contributed by atoms with Crippen molar-refractivity contribution in [1.29, 1.82) is 0 Å². The molecule has 4 aromatic rings. The Morgan fingerprint density at radius 1 is 0.948 bits per heavy atom. The molecule has 5 rings (SSSR count). The van der Waals surface area contributed by atoms with Crippen LogP contribution in [0.25, 0.3) is 10.4 Å². The maximum absolute atomic E-state index is 13.9. The first-order valence-electron chi connectivity index (χ1n) is 16.7. The molecule has 0 spiro atoms. The highest BCUT2D eigenvalue weighted by Crippen LogP contribution is 2.64. The van der Waals surface area contributed by atoms with Gasteiger partial charge in [0.1, 0.15) is 17.7 Å². The minimum absolute atomic E-state index is 0.0224. The number of alkyl halides is 3. The summed E-state index contributed by atoms with van der Waals surface area (Å²) < 4.78 is 103. The number of aromatic amines is 1. The highest BCUT2D eigenvalue weighted by atomic mass is 31.3. The lowest BCUT2D eigenvalue weighted by Gasteiger charge is -2.22. The maximum atomic E-state index is 13.9. The zero-order chi connectivity index (χ0) is 42.3. The van der Waals surface area contributed by atoms with Crippen LogP contribution in [-0.4, -0.2) is 45.1 Å². The van der Waals surface area contributed by atoms with Crippen LogP contribution < -0.4 is 20.7 Å². The summed E-state index contributed by atoms with van der Waals surface area (Å²) in [6, 6.07) is 13.3. The molecule has 0 bridgehead atoms. The maximum Gasteiger partial charge on any atom is 0.484 e. The van der Waals surface area contributed by atoms with E-state index in [9.17, 15) is 46.4 Å². The number of halogens is 3. The number of phosphoric ester groups is 2. The molecular weight excluding hydrogens is 821 g/mol. The van der Waals surface area contributed by atoms with Gasteiger partial charge in [0.2, 0.25) is 0 Å². The second-order valence-electron chi connectivity index (χ2n) is 12.3. The van der Waals surface area contributed by atoms with Crippen molar-refractivity contribution in [2.75, 3.05) is 6.61 Å². The lowest BCUT2D eigenvalue weighted by atomic mass is 10.1. The molecule has 58 heavy (non-hydrogen) atoms. The molecule has 2 N–H and O–H groups in total. The van der Waals surface area contributed by atoms with Crippen LogP contribution in [0.15, 0.2) is 93.7 Å². The predicted molar refractivity (Wildman–Crippen MR) is 192 cm³/mol. The Hall–Kier alpha value is -5.40. The number of nitrogens with one attached hydrogen (secondary N) is 1. The Kier molecular flexibility index (Phi) is 13.9. The average Bonchev–Trinajstić information content (AvgIpc) is 3.56. The van der Waals surface area contributed by atoms with E-state index in [4.69, 9.17) is 37.6 Å². The summed E-state index contributed by atoms with van der Waals surface area (Å²) in [6.45, 7) is 0.723. The number of phosphoric acid groups is 2. The molecular formula is C34H32F3N5O14P2. The number of rotatable bonds is 16. The van der Waals surface area contributed by atoms with Crippen molar-refractivity contribution in [2.45, 2.75) is 58.0 Å². The van der Waals surface area contributed by atoms with Gasteiger partial charge in [-0.15, -0.1) is 0 Å². The van der Waals surface area contributed by atoms with E-state index in [0.717, 1.165) is 28.8 Å². The molecule has 308 valence electrons. The van der Waals surface area contributed by atoms with Gasteiger partial charge in [-0.2, -0.15) is 17.5 Å². The zero-order valence-corrected chi connectivity index (χ0v) is 31.9. The van der Waals surface area contributed by atoms with Crippen LogP contribution in [0.5, 0.6) is 11.5 Å². The van der Waals surface area contributed by atoms with Gasteiger partial charge in [-0.3, -0.25) is 32.7 Å². The molecule has 1 saturated heterocycles. The number of hydrogen-bond acceptors (Lipinski definition) is 14. The van der Waals surface area contributed by atoms with E-state index in [1.165, 1.54) is 68.6 Å². The number of H-pyrrole nitrogens is 1. The second-order valence-corrected chi connectivity index (χ2v) is 15.6. The third kappa shape index (κ3) is 12.1. The molecule has 1 fully saturated rings. The van der Waals surface area contributed by atoms with Crippen molar-refractivity contribution in [3.8, 4) is 11.5 Å². The number of esters is 2. The Bertz CT molecular complexity index is 2390. The summed E-state index contributed by atoms with van der Waals surface area (Å²) in [5.74, 6) is -1.37. The number of carbonyl (C=O) groups excluding carboxylic acids is 2. The van der Waals surface area contributed by atoms with Gasteiger partial charge in [-0.05, 0) is 72.1 Å². The van der Waals surface area contributed by atoms with E-state index < -0.39 is 88.8 Å². The first-order valence-corrected chi connectivity index (χ1v) is 19.6. The number of azide groups is 1. The molecule has 0 amide bonds. The highest BCUT2D eigenvalue weighted by molar-refractivity contribution is 7.61. The summed E-state index contributed by atoms with van der Waals surface area (Å²) in [5, 5.41) is 3.60. The Balaban J connectivity index is 1.27. The fourth-order valence-electron chi connectivity index (χ4n) is 5.17. The standard InChI is InChI=1S/C34H32F3N5O14P2/c1-20-16-42(33(46)39-31(20)44)30-15-28(40-41-38)29(55-30)19-50-57(47,48)56-58(49,51-17-22-3-11-26(12-4-22)53-21(2)43)52-18-23-5-13-27(14-6-23)54-32(45)24-7-9-25(10-8-24)34(35,36)37/h3-14,16,28-30H,15,17-19H2,1-2H3,(H,47,48)(H,39,44,46)/t28-,29+,30+,58?/m0/s1. The van der Waals surface area contributed by atoms with E-state index in [2.05, 4.69) is 15.0 Å². The van der Waals surface area contributed by atoms with Crippen molar-refractivity contribution >= 4 is 27.6 Å². The average molecular weight is 854 g/mol. The Labute approximate surface area is 325 Å². The van der Waals surface area contributed by atoms with E-state index >= 15 is 0 Å². The number of hydrogen-bond donors (Lipinski definition) is 2. The lowest BCUT2D eigenvalue weighted by Crippen LogP contribution is -2.33. The number of aryl methyl sites for hydroxylation is 1. The van der Waals surface area contributed by atoms with E-state index in [1.54, 1.807) is 0 Å². The van der Waals surface area contributed by atoms with Gasteiger partial charge >= 0.3 is 39.5 Å². The molecule has 5 atom stereocenters. The zero-order valence-electron chi connectivity index (χ0n) is 30.1. The van der Waals surface area contributed by atoms with Crippen LogP contribution in [0.3, 0.4) is 0 Å². The second kappa shape index (κ2) is 18.5. The molecule has 1 aliphatic rings. The molecule has 0 aliphatic carbocycles. The SMILES string of the molecule is CC(=O)Oc1ccc(COP(=O)(OCc2ccc(OC(=O)c3ccc(C(F)(F)F)cc3)cc2)OP(=O)(O)OC[C@H]2O[C@@H](n3cc(C)c(=O)[nH]c3=O)C[C@@H]2N=[N+]=[N-])cc1. The molecule has 1 aliphatic heterocycles. The molecule has 24 heteroatoms. The number of carbonyl (C=O) groups is 2. The molecule has 3 aromatic carbocycles. The van der Waals surface area contributed by atoms with Crippen molar-refractivity contribution in [3.63, 3.8) is 0 Å². The topological polar surface area (TPSA) is 257 Å². The van der Waals surface area contributed by atoms with Crippen LogP contribution in [0.2, 0.25) is 0 Å². The van der Waals surface area contributed by atoms with Crippen LogP contribution in [0.4, 0.5) is 13.2 Å². The normalized spacial score (nSPS) is 18.7. The summed E-state index contributed by atoms with van der Waals surface area (Å²) in [4.78, 5) is 63.5. The molecule has 19 nitrogen and oxygen atoms in total. The highest BCUT2D eigenvalue weighted by Gasteiger charge is 2.42. The van der Waals surface area contributed by atoms with Gasteiger partial charge < -0.3 is 19.1 Å². The Morgan fingerprint density at radius 3 is 2.05 bits per heavy atom. The van der Waals surface area contributed by atoms with Crippen LogP contribution in [-0.2, 0) is 55.9 Å². The minimum Gasteiger partial charge on any atom is -0.427 e. The van der Waals surface area contributed by atoms with Crippen LogP contribution in [0.1, 0.15) is 52.2 Å². The third-order valence-corrected chi connectivity index (χ3v) is 11.0. The van der Waals surface area contributed by atoms with Crippen molar-refractivity contribution in [3.05, 3.63) is 138 Å². The lowest BCUT2D eigenvalue weighted by molar-refractivity contribution is -0.137. The van der Waals surface area contributed by atoms with Crippen molar-refractivity contribution in [2.24, 2.45) is 5.11 Å².